The minimum Gasteiger partial charge on any atom is -0.489 e. The van der Waals surface area contributed by atoms with Crippen molar-refractivity contribution in [1.29, 1.82) is 5.26 Å². The van der Waals surface area contributed by atoms with Gasteiger partial charge in [0.1, 0.15) is 36.2 Å². The summed E-state index contributed by atoms with van der Waals surface area (Å²) in [6, 6.07) is 12.5. The summed E-state index contributed by atoms with van der Waals surface area (Å²) < 4.78 is 64.9. The zero-order valence-electron chi connectivity index (χ0n) is 17.8. The molecule has 0 radical (unpaired) electrons. The number of nitriles is 1. The molecule has 0 spiro atoms. The Morgan fingerprint density at radius 3 is 2.43 bits per heavy atom. The second-order valence-electron chi connectivity index (χ2n) is 7.50. The van der Waals surface area contributed by atoms with E-state index in [1.165, 1.54) is 6.07 Å². The van der Waals surface area contributed by atoms with Gasteiger partial charge in [-0.05, 0) is 47.7 Å². The van der Waals surface area contributed by atoms with E-state index in [0.29, 0.717) is 27.7 Å². The lowest BCUT2D eigenvalue weighted by Crippen LogP contribution is -2.48. The largest absolute Gasteiger partial charge is 0.489 e. The highest BCUT2D eigenvalue weighted by atomic mass is 19.3. The predicted molar refractivity (Wildman–Crippen MR) is 112 cm³/mol. The lowest BCUT2D eigenvalue weighted by atomic mass is 9.84. The van der Waals surface area contributed by atoms with Gasteiger partial charge < -0.3 is 9.84 Å². The Labute approximate surface area is 196 Å². The molecule has 178 valence electrons. The summed E-state index contributed by atoms with van der Waals surface area (Å²) in [5.74, 6) is -6.08. The number of nitrogens with zero attached hydrogens (tertiary/aromatic N) is 6. The molecule has 0 aliphatic heterocycles. The van der Waals surface area contributed by atoms with Crippen molar-refractivity contribution in [3.8, 4) is 11.8 Å². The molecule has 4 rings (SSSR count). The minimum absolute atomic E-state index is 0.00944. The third-order valence-corrected chi connectivity index (χ3v) is 5.19. The molecule has 2 aromatic heterocycles. The van der Waals surface area contributed by atoms with Crippen LogP contribution in [0.5, 0.6) is 5.75 Å². The molecule has 8 nitrogen and oxygen atoms in total. The van der Waals surface area contributed by atoms with Gasteiger partial charge in [0.25, 0.3) is 0 Å². The second kappa shape index (κ2) is 9.47. The van der Waals surface area contributed by atoms with E-state index in [4.69, 9.17) is 10.00 Å². The molecule has 0 saturated heterocycles. The van der Waals surface area contributed by atoms with Crippen LogP contribution < -0.4 is 4.74 Å². The molecule has 0 aliphatic carbocycles. The molecule has 0 saturated carbocycles. The summed E-state index contributed by atoms with van der Waals surface area (Å²) in [6.45, 7) is -1.00. The van der Waals surface area contributed by atoms with Crippen LogP contribution >= 0.6 is 0 Å². The smallest absolute Gasteiger partial charge is 0.323 e. The van der Waals surface area contributed by atoms with E-state index in [-0.39, 0.29) is 6.61 Å². The van der Waals surface area contributed by atoms with Crippen molar-refractivity contribution in [2.75, 3.05) is 0 Å². The normalized spacial score (nSPS) is 13.1. The molecule has 0 amide bonds. The maximum Gasteiger partial charge on any atom is 0.323 e. The lowest BCUT2D eigenvalue weighted by molar-refractivity contribution is -0.209. The zero-order valence-corrected chi connectivity index (χ0v) is 17.8. The number of pyridine rings is 1. The van der Waals surface area contributed by atoms with Crippen molar-refractivity contribution in [2.45, 2.75) is 24.7 Å². The van der Waals surface area contributed by atoms with Crippen molar-refractivity contribution in [1.82, 2.24) is 25.2 Å². The molecule has 1 N–H and O–H groups in total. The maximum absolute atomic E-state index is 15.7. The second-order valence-corrected chi connectivity index (χ2v) is 7.50. The molecular formula is C23H16F4N6O2. The van der Waals surface area contributed by atoms with Crippen LogP contribution in [0.15, 0.2) is 67.1 Å². The quantitative estimate of drug-likeness (QED) is 0.382. The third kappa shape index (κ3) is 4.80. The van der Waals surface area contributed by atoms with Crippen LogP contribution in [0.3, 0.4) is 0 Å². The van der Waals surface area contributed by atoms with Crippen molar-refractivity contribution < 1.29 is 27.4 Å². The highest BCUT2D eigenvalue weighted by Gasteiger charge is 2.58. The Morgan fingerprint density at radius 2 is 1.83 bits per heavy atom. The summed E-state index contributed by atoms with van der Waals surface area (Å²) in [6.07, 6.45) is 2.09. The van der Waals surface area contributed by atoms with E-state index in [9.17, 15) is 13.9 Å². The number of alkyl halides is 2. The Balaban J connectivity index is 1.61. The van der Waals surface area contributed by atoms with E-state index in [1.807, 2.05) is 6.07 Å². The van der Waals surface area contributed by atoms with Gasteiger partial charge in [-0.25, -0.2) is 8.78 Å². The Hall–Kier alpha value is -4.37. The zero-order chi connectivity index (χ0) is 25.1. The van der Waals surface area contributed by atoms with E-state index < -0.39 is 41.0 Å². The van der Waals surface area contributed by atoms with Gasteiger partial charge in [0.05, 0.1) is 11.6 Å². The number of ether oxygens (including phenoxy) is 1. The van der Waals surface area contributed by atoms with Gasteiger partial charge in [0.15, 0.2) is 11.9 Å². The summed E-state index contributed by atoms with van der Waals surface area (Å²) >= 11 is 0. The predicted octanol–water partition coefficient (Wildman–Crippen LogP) is 3.48. The van der Waals surface area contributed by atoms with Crippen LogP contribution in [0.4, 0.5) is 17.6 Å². The Kier molecular flexibility index (Phi) is 6.44. The molecule has 12 heteroatoms. The van der Waals surface area contributed by atoms with Crippen LogP contribution in [0.25, 0.3) is 0 Å². The molecule has 0 aliphatic rings. The van der Waals surface area contributed by atoms with Crippen LogP contribution in [-0.4, -0.2) is 30.3 Å². The monoisotopic (exact) mass is 484 g/mol. The van der Waals surface area contributed by atoms with Gasteiger partial charge in [-0.3, -0.25) is 4.98 Å². The third-order valence-electron chi connectivity index (χ3n) is 5.19. The van der Waals surface area contributed by atoms with E-state index in [1.54, 1.807) is 24.3 Å². The number of halogens is 4. The highest BCUT2D eigenvalue weighted by Crippen LogP contribution is 2.46. The molecule has 35 heavy (non-hydrogen) atoms. The topological polar surface area (TPSA) is 110 Å². The average Bonchev–Trinajstić information content (AvgIpc) is 3.36. The van der Waals surface area contributed by atoms with E-state index >= 15 is 8.78 Å². The number of hydrogen-bond acceptors (Lipinski definition) is 7. The first kappa shape index (κ1) is 23.8. The van der Waals surface area contributed by atoms with Crippen LogP contribution in [0.1, 0.15) is 22.4 Å². The number of rotatable bonds is 8. The Bertz CT molecular complexity index is 1340. The fourth-order valence-corrected chi connectivity index (χ4v) is 3.34. The standard InChI is InChI=1S/C23H16F4N6O2/c24-17-4-7-19(20(25)9-17)22(34,13-33-31-14-30-32-33)23(26,27)21-8-3-16(11-29-21)12-35-18-5-1-15(10-28)2-6-18/h1-9,11,14,34H,12-13H2. The summed E-state index contributed by atoms with van der Waals surface area (Å²) in [7, 11) is 0. The first-order chi connectivity index (χ1) is 16.7. The number of aliphatic hydroxyl groups is 1. The van der Waals surface area contributed by atoms with Gasteiger partial charge in [-0.2, -0.15) is 18.8 Å². The molecule has 1 unspecified atom stereocenters. The highest BCUT2D eigenvalue weighted by molar-refractivity contribution is 5.35. The SMILES string of the molecule is N#Cc1ccc(OCc2ccc(C(F)(F)C(O)(Cn3ncnn3)c3ccc(F)cc3F)nc2)cc1. The first-order valence-electron chi connectivity index (χ1n) is 10.1. The molecule has 1 atom stereocenters. The molecule has 4 aromatic rings. The minimum atomic E-state index is -4.16. The first-order valence-corrected chi connectivity index (χ1v) is 10.1. The van der Waals surface area contributed by atoms with Crippen molar-refractivity contribution in [3.05, 3.63) is 101 Å². The van der Waals surface area contributed by atoms with E-state index in [0.717, 1.165) is 30.7 Å². The lowest BCUT2D eigenvalue weighted by Gasteiger charge is -2.35. The number of hydrogen-bond donors (Lipinski definition) is 1. The van der Waals surface area contributed by atoms with Crippen molar-refractivity contribution in [3.63, 3.8) is 0 Å². The van der Waals surface area contributed by atoms with Gasteiger partial charge in [0, 0.05) is 23.4 Å². The fourth-order valence-electron chi connectivity index (χ4n) is 3.34. The van der Waals surface area contributed by atoms with Crippen molar-refractivity contribution >= 4 is 0 Å². The van der Waals surface area contributed by atoms with Crippen LogP contribution in [0.2, 0.25) is 0 Å². The van der Waals surface area contributed by atoms with Crippen LogP contribution in [-0.2, 0) is 24.7 Å². The Morgan fingerprint density at radius 1 is 1.06 bits per heavy atom. The number of aromatic nitrogens is 5. The fraction of sp³-hybridized carbons (Fsp3) is 0.174. The summed E-state index contributed by atoms with van der Waals surface area (Å²) in [5, 5.41) is 30.5. The number of tetrazole rings is 1. The summed E-state index contributed by atoms with van der Waals surface area (Å²) in [5.41, 5.74) is -4.08. The molecule has 2 aromatic carbocycles. The van der Waals surface area contributed by atoms with Gasteiger partial charge >= 0.3 is 5.92 Å². The van der Waals surface area contributed by atoms with Gasteiger partial charge in [-0.1, -0.05) is 6.07 Å². The molecular weight excluding hydrogens is 468 g/mol. The van der Waals surface area contributed by atoms with Crippen molar-refractivity contribution in [2.24, 2.45) is 0 Å². The summed E-state index contributed by atoms with van der Waals surface area (Å²) in [4.78, 5) is 4.43. The van der Waals surface area contributed by atoms with E-state index in [2.05, 4.69) is 20.4 Å². The molecule has 0 fully saturated rings. The maximum atomic E-state index is 15.7. The van der Waals surface area contributed by atoms with Gasteiger partial charge in [-0.15, -0.1) is 10.2 Å². The molecule has 2 heterocycles. The average molecular weight is 484 g/mol. The molecule has 0 bridgehead atoms. The van der Waals surface area contributed by atoms with Crippen LogP contribution in [0, 0.1) is 23.0 Å². The number of benzene rings is 2. The van der Waals surface area contributed by atoms with Gasteiger partial charge in [0.2, 0.25) is 0 Å².